The van der Waals surface area contributed by atoms with Crippen molar-refractivity contribution in [2.24, 2.45) is 5.73 Å². The highest BCUT2D eigenvalue weighted by molar-refractivity contribution is 5.71. The Kier molecular flexibility index (Phi) is 1.67. The van der Waals surface area contributed by atoms with Gasteiger partial charge >= 0.3 is 12.3 Å². The lowest BCUT2D eigenvalue weighted by Gasteiger charge is -1.99. The average molecular weight is 127 g/mol. The number of urea groups is 1. The number of alkyl halides is 3. The predicted molar refractivity (Wildman–Crippen MR) is 17.8 cm³/mol. The van der Waals surface area contributed by atoms with Crippen LogP contribution in [0.1, 0.15) is 0 Å². The normalized spacial score (nSPS) is 10.9. The Hall–Kier alpha value is -0.940. The summed E-state index contributed by atoms with van der Waals surface area (Å²) in [5.74, 6) is 0. The molecular weight excluding hydrogens is 125 g/mol. The van der Waals surface area contributed by atoms with E-state index in [0.717, 1.165) is 0 Å². The lowest BCUT2D eigenvalue weighted by molar-refractivity contribution is -0.147. The molecule has 0 aliphatic rings. The number of amides is 2. The summed E-state index contributed by atoms with van der Waals surface area (Å²) in [7, 11) is 0. The van der Waals surface area contributed by atoms with Gasteiger partial charge in [-0.15, -0.1) is 18.5 Å². The van der Waals surface area contributed by atoms with Gasteiger partial charge in [0.25, 0.3) is 0 Å². The number of rotatable bonds is 0. The maximum atomic E-state index is 10.8. The molecule has 0 rings (SSSR count). The van der Waals surface area contributed by atoms with E-state index in [-0.39, 0.29) is 0 Å². The highest BCUT2D eigenvalue weighted by Crippen LogP contribution is 2.09. The standard InChI is InChI=1S/C2H2F3N2O/c3-2(4,5)7-1(6)8/h(H2,6,8). The smallest absolute Gasteiger partial charge is 0.350 e. The number of nitrogens with two attached hydrogens (primary N) is 1. The Bertz CT molecular complexity index is 97.9. The molecule has 0 saturated carbocycles. The van der Waals surface area contributed by atoms with E-state index in [4.69, 9.17) is 0 Å². The molecule has 8 heavy (non-hydrogen) atoms. The van der Waals surface area contributed by atoms with Crippen molar-refractivity contribution in [1.29, 1.82) is 0 Å². The first kappa shape index (κ1) is 7.06. The van der Waals surface area contributed by atoms with Crippen LogP contribution < -0.4 is 11.1 Å². The van der Waals surface area contributed by atoms with Crippen LogP contribution in [0.5, 0.6) is 0 Å². The van der Waals surface area contributed by atoms with Gasteiger partial charge in [-0.05, 0) is 0 Å². The Balaban J connectivity index is 3.55. The van der Waals surface area contributed by atoms with Crippen LogP contribution >= 0.6 is 0 Å². The van der Waals surface area contributed by atoms with Crippen LogP contribution in [0, 0.1) is 0 Å². The summed E-state index contributed by atoms with van der Waals surface area (Å²) in [5, 5.41) is 1.55. The molecule has 2 N–H and O–H groups in total. The molecule has 0 aromatic rings. The number of carbonyl (C=O) groups is 1. The molecule has 0 spiro atoms. The molecule has 0 aromatic carbocycles. The highest BCUT2D eigenvalue weighted by Gasteiger charge is 2.31. The van der Waals surface area contributed by atoms with Crippen molar-refractivity contribution < 1.29 is 18.0 Å². The SMILES string of the molecule is NC(=O)[N]C(F)(F)F. The summed E-state index contributed by atoms with van der Waals surface area (Å²) >= 11 is 0. The molecule has 0 saturated heterocycles. The van der Waals surface area contributed by atoms with Crippen LogP contribution in [0.15, 0.2) is 0 Å². The summed E-state index contributed by atoms with van der Waals surface area (Å²) in [4.78, 5) is 9.35. The zero-order valence-electron chi connectivity index (χ0n) is 3.57. The Labute approximate surface area is 42.7 Å². The van der Waals surface area contributed by atoms with Crippen LogP contribution in [0.3, 0.4) is 0 Å². The lowest BCUT2D eigenvalue weighted by atomic mass is 11.0. The maximum absolute atomic E-state index is 10.8. The van der Waals surface area contributed by atoms with Crippen LogP contribution in [-0.2, 0) is 0 Å². The minimum Gasteiger partial charge on any atom is -0.350 e. The third-order valence-electron chi connectivity index (χ3n) is 0.237. The highest BCUT2D eigenvalue weighted by atomic mass is 19.4. The zero-order chi connectivity index (χ0) is 6.78. The third kappa shape index (κ3) is 5.06. The second kappa shape index (κ2) is 1.89. The van der Waals surface area contributed by atoms with Crippen LogP contribution in [0.2, 0.25) is 0 Å². The maximum Gasteiger partial charge on any atom is 0.507 e. The van der Waals surface area contributed by atoms with E-state index in [2.05, 4.69) is 5.73 Å². The Morgan fingerprint density at radius 1 is 1.50 bits per heavy atom. The van der Waals surface area contributed by atoms with E-state index >= 15 is 0 Å². The van der Waals surface area contributed by atoms with Gasteiger partial charge in [0.1, 0.15) is 0 Å². The minimum atomic E-state index is -4.83. The summed E-state index contributed by atoms with van der Waals surface area (Å²) < 4.78 is 32.5. The molecular formula is C2H2F3N2O. The number of primary amides is 1. The molecule has 0 unspecified atom stereocenters. The number of nitrogens with zero attached hydrogens (tertiary/aromatic N) is 1. The van der Waals surface area contributed by atoms with Crippen molar-refractivity contribution in [1.82, 2.24) is 5.32 Å². The monoisotopic (exact) mass is 127 g/mol. The lowest BCUT2D eigenvalue weighted by Crippen LogP contribution is -2.33. The van der Waals surface area contributed by atoms with Gasteiger partial charge in [0.2, 0.25) is 0 Å². The number of hydrogen-bond donors (Lipinski definition) is 1. The summed E-state index contributed by atoms with van der Waals surface area (Å²) in [6.07, 6.45) is -4.83. The quantitative estimate of drug-likeness (QED) is 0.464. The first-order chi connectivity index (χ1) is 3.42. The van der Waals surface area contributed by atoms with Crippen LogP contribution in [-0.4, -0.2) is 12.3 Å². The second-order valence-corrected chi connectivity index (χ2v) is 0.918. The molecule has 0 aliphatic carbocycles. The fourth-order valence-electron chi connectivity index (χ4n) is 0.125. The van der Waals surface area contributed by atoms with Gasteiger partial charge in [0.05, 0.1) is 0 Å². The van der Waals surface area contributed by atoms with E-state index in [1.54, 1.807) is 5.32 Å². The van der Waals surface area contributed by atoms with E-state index in [1.807, 2.05) is 0 Å². The fourth-order valence-corrected chi connectivity index (χ4v) is 0.125. The van der Waals surface area contributed by atoms with E-state index in [1.165, 1.54) is 0 Å². The van der Waals surface area contributed by atoms with E-state index < -0.39 is 12.3 Å². The van der Waals surface area contributed by atoms with E-state index in [9.17, 15) is 18.0 Å². The Morgan fingerprint density at radius 3 is 1.88 bits per heavy atom. The molecule has 0 bridgehead atoms. The first-order valence-electron chi connectivity index (χ1n) is 1.51. The molecule has 0 aromatic heterocycles. The first-order valence-corrected chi connectivity index (χ1v) is 1.51. The zero-order valence-corrected chi connectivity index (χ0v) is 3.57. The van der Waals surface area contributed by atoms with Gasteiger partial charge in [0, 0.05) is 0 Å². The molecule has 3 nitrogen and oxygen atoms in total. The molecule has 0 heterocycles. The van der Waals surface area contributed by atoms with Gasteiger partial charge in [0.15, 0.2) is 0 Å². The van der Waals surface area contributed by atoms with Crippen molar-refractivity contribution in [3.05, 3.63) is 0 Å². The van der Waals surface area contributed by atoms with Gasteiger partial charge in [-0.1, -0.05) is 0 Å². The molecule has 0 fully saturated rings. The van der Waals surface area contributed by atoms with Gasteiger partial charge in [-0.25, -0.2) is 4.79 Å². The molecule has 1 radical (unpaired) electrons. The minimum absolute atomic E-state index is 1.55. The van der Waals surface area contributed by atoms with Crippen LogP contribution in [0.25, 0.3) is 0 Å². The Morgan fingerprint density at radius 2 is 1.88 bits per heavy atom. The summed E-state index contributed by atoms with van der Waals surface area (Å²) in [6, 6.07) is -1.72. The topological polar surface area (TPSA) is 57.2 Å². The number of carbonyl (C=O) groups excluding carboxylic acids is 1. The predicted octanol–water partition coefficient (Wildman–Crippen LogP) is 0.189. The third-order valence-corrected chi connectivity index (χ3v) is 0.237. The molecule has 47 valence electrons. The van der Waals surface area contributed by atoms with Crippen molar-refractivity contribution >= 4 is 6.03 Å². The van der Waals surface area contributed by atoms with Gasteiger partial charge in [-0.3, -0.25) is 0 Å². The van der Waals surface area contributed by atoms with Crippen molar-refractivity contribution in [2.75, 3.05) is 0 Å². The molecule has 2 amide bonds. The van der Waals surface area contributed by atoms with Gasteiger partial charge < -0.3 is 5.73 Å². The van der Waals surface area contributed by atoms with Gasteiger partial charge in [-0.2, -0.15) is 0 Å². The summed E-state index contributed by atoms with van der Waals surface area (Å²) in [5.41, 5.74) is 4.05. The largest absolute Gasteiger partial charge is 0.507 e. The fraction of sp³-hybridized carbons (Fsp3) is 0.500. The van der Waals surface area contributed by atoms with Crippen molar-refractivity contribution in [3.63, 3.8) is 0 Å². The number of halogens is 3. The molecule has 0 aliphatic heterocycles. The second-order valence-electron chi connectivity index (χ2n) is 0.918. The van der Waals surface area contributed by atoms with Crippen LogP contribution in [0.4, 0.5) is 18.0 Å². The van der Waals surface area contributed by atoms with Crippen molar-refractivity contribution in [2.45, 2.75) is 6.30 Å². The molecule has 0 atom stereocenters. The summed E-state index contributed by atoms with van der Waals surface area (Å²) in [6.45, 7) is 0. The number of hydrogen-bond acceptors (Lipinski definition) is 1. The van der Waals surface area contributed by atoms with Crippen molar-refractivity contribution in [3.8, 4) is 0 Å². The molecule has 6 heteroatoms. The average Bonchev–Trinajstić information content (AvgIpc) is 1.21. The van der Waals surface area contributed by atoms with E-state index in [0.29, 0.717) is 0 Å².